The maximum atomic E-state index is 4.30. The molecule has 3 nitrogen and oxygen atoms in total. The van der Waals surface area contributed by atoms with Gasteiger partial charge in [0.2, 0.25) is 0 Å². The monoisotopic (exact) mass is 199 g/mol. The number of nitrogens with zero attached hydrogens (tertiary/aromatic N) is 2. The number of aliphatic imine (C=N–C) groups is 1. The lowest BCUT2D eigenvalue weighted by molar-refractivity contribution is 0.344. The zero-order chi connectivity index (χ0) is 11.0. The van der Waals surface area contributed by atoms with Gasteiger partial charge < -0.3 is 10.2 Å². The minimum absolute atomic E-state index is 0.124. The van der Waals surface area contributed by atoms with Crippen LogP contribution in [0.4, 0.5) is 0 Å². The van der Waals surface area contributed by atoms with Crippen molar-refractivity contribution in [3.8, 4) is 0 Å². The van der Waals surface area contributed by atoms with Crippen LogP contribution in [0.3, 0.4) is 0 Å². The van der Waals surface area contributed by atoms with Gasteiger partial charge in [0.25, 0.3) is 0 Å². The molecule has 0 aliphatic heterocycles. The fraction of sp³-hybridized carbons (Fsp3) is 0.909. The fourth-order valence-corrected chi connectivity index (χ4v) is 1.03. The van der Waals surface area contributed by atoms with Gasteiger partial charge in [-0.05, 0) is 40.8 Å². The topological polar surface area (TPSA) is 27.6 Å². The standard InChI is InChI=1S/C11H25N3/c1-6-8-14(5)9-7-12-10-13-11(2,3)4/h10H,6-9H2,1-5H3,(H,12,13). The Balaban J connectivity index is 3.44. The molecule has 0 aromatic carbocycles. The number of likely N-dealkylation sites (N-methyl/N-ethyl adjacent to an activating group) is 1. The fourth-order valence-electron chi connectivity index (χ4n) is 1.03. The molecular weight excluding hydrogens is 174 g/mol. The van der Waals surface area contributed by atoms with E-state index >= 15 is 0 Å². The van der Waals surface area contributed by atoms with E-state index < -0.39 is 0 Å². The number of nitrogens with one attached hydrogen (secondary N) is 1. The van der Waals surface area contributed by atoms with Crippen LogP contribution in [0.15, 0.2) is 4.99 Å². The molecule has 14 heavy (non-hydrogen) atoms. The summed E-state index contributed by atoms with van der Waals surface area (Å²) in [6.07, 6.45) is 3.03. The van der Waals surface area contributed by atoms with Crippen molar-refractivity contribution in [2.24, 2.45) is 4.99 Å². The van der Waals surface area contributed by atoms with Crippen LogP contribution in [0.1, 0.15) is 34.1 Å². The van der Waals surface area contributed by atoms with Crippen molar-refractivity contribution < 1.29 is 0 Å². The van der Waals surface area contributed by atoms with Crippen LogP contribution in [0.25, 0.3) is 0 Å². The molecule has 0 radical (unpaired) electrons. The second kappa shape index (κ2) is 6.82. The first-order valence-electron chi connectivity index (χ1n) is 5.40. The van der Waals surface area contributed by atoms with E-state index in [0.717, 1.165) is 19.6 Å². The van der Waals surface area contributed by atoms with E-state index in [1.54, 1.807) is 0 Å². The van der Waals surface area contributed by atoms with Crippen LogP contribution in [-0.2, 0) is 0 Å². The summed E-state index contributed by atoms with van der Waals surface area (Å²) in [5.41, 5.74) is 0.124. The van der Waals surface area contributed by atoms with Crippen LogP contribution in [-0.4, -0.2) is 43.5 Å². The van der Waals surface area contributed by atoms with Crippen LogP contribution < -0.4 is 5.32 Å². The van der Waals surface area contributed by atoms with Crippen LogP contribution in [0, 0.1) is 0 Å². The van der Waals surface area contributed by atoms with Crippen LogP contribution in [0.5, 0.6) is 0 Å². The highest BCUT2D eigenvalue weighted by atomic mass is 15.1. The first-order valence-corrected chi connectivity index (χ1v) is 5.40. The van der Waals surface area contributed by atoms with Crippen molar-refractivity contribution in [2.75, 3.05) is 26.7 Å². The summed E-state index contributed by atoms with van der Waals surface area (Å²) in [5, 5.41) is 3.22. The smallest absolute Gasteiger partial charge is 0.0828 e. The average molecular weight is 199 g/mol. The van der Waals surface area contributed by atoms with Crippen LogP contribution >= 0.6 is 0 Å². The third kappa shape index (κ3) is 9.52. The molecule has 0 aromatic rings. The van der Waals surface area contributed by atoms with Crippen LogP contribution in [0.2, 0.25) is 0 Å². The molecule has 3 heteroatoms. The minimum atomic E-state index is 0.124. The van der Waals surface area contributed by atoms with E-state index in [1.807, 2.05) is 6.34 Å². The van der Waals surface area contributed by atoms with Crippen molar-refractivity contribution in [1.29, 1.82) is 0 Å². The molecule has 0 heterocycles. The summed E-state index contributed by atoms with van der Waals surface area (Å²) in [5.74, 6) is 0. The summed E-state index contributed by atoms with van der Waals surface area (Å²) in [6, 6.07) is 0. The third-order valence-corrected chi connectivity index (χ3v) is 1.80. The lowest BCUT2D eigenvalue weighted by atomic mass is 10.1. The molecule has 1 N–H and O–H groups in total. The minimum Gasteiger partial charge on any atom is -0.372 e. The molecule has 0 fully saturated rings. The number of rotatable bonds is 6. The molecule has 0 bridgehead atoms. The summed E-state index contributed by atoms with van der Waals surface area (Å²) in [7, 11) is 2.14. The first kappa shape index (κ1) is 13.4. The Bertz CT molecular complexity index is 158. The second-order valence-corrected chi connectivity index (χ2v) is 4.73. The Morgan fingerprint density at radius 3 is 2.43 bits per heavy atom. The lowest BCUT2D eigenvalue weighted by Crippen LogP contribution is -2.34. The largest absolute Gasteiger partial charge is 0.372 e. The first-order chi connectivity index (χ1) is 6.45. The average Bonchev–Trinajstić information content (AvgIpc) is 2.02. The second-order valence-electron chi connectivity index (χ2n) is 4.73. The van der Waals surface area contributed by atoms with Gasteiger partial charge in [-0.2, -0.15) is 0 Å². The zero-order valence-corrected chi connectivity index (χ0v) is 10.3. The summed E-state index contributed by atoms with van der Waals surface area (Å²) in [4.78, 5) is 6.60. The Labute approximate surface area is 88.6 Å². The van der Waals surface area contributed by atoms with E-state index in [-0.39, 0.29) is 5.54 Å². The van der Waals surface area contributed by atoms with Crippen molar-refractivity contribution >= 4 is 6.34 Å². The van der Waals surface area contributed by atoms with Crippen molar-refractivity contribution in [3.63, 3.8) is 0 Å². The molecule has 0 spiro atoms. The highest BCUT2D eigenvalue weighted by Crippen LogP contribution is 1.95. The molecular formula is C11H25N3. The maximum absolute atomic E-state index is 4.30. The van der Waals surface area contributed by atoms with Gasteiger partial charge in [0.1, 0.15) is 0 Å². The van der Waals surface area contributed by atoms with E-state index in [0.29, 0.717) is 0 Å². The van der Waals surface area contributed by atoms with E-state index in [4.69, 9.17) is 0 Å². The van der Waals surface area contributed by atoms with Gasteiger partial charge in [0, 0.05) is 12.1 Å². The van der Waals surface area contributed by atoms with Gasteiger partial charge in [-0.25, -0.2) is 0 Å². The van der Waals surface area contributed by atoms with Gasteiger partial charge >= 0.3 is 0 Å². The highest BCUT2D eigenvalue weighted by Gasteiger charge is 2.04. The molecule has 0 atom stereocenters. The highest BCUT2D eigenvalue weighted by molar-refractivity contribution is 5.55. The van der Waals surface area contributed by atoms with E-state index in [1.165, 1.54) is 6.42 Å². The Morgan fingerprint density at radius 1 is 1.29 bits per heavy atom. The Kier molecular flexibility index (Phi) is 6.54. The SMILES string of the molecule is CCCN(C)CCN=CNC(C)(C)C. The van der Waals surface area contributed by atoms with Crippen molar-refractivity contribution in [2.45, 2.75) is 39.7 Å². The van der Waals surface area contributed by atoms with Gasteiger partial charge in [0.05, 0.1) is 12.9 Å². The third-order valence-electron chi connectivity index (χ3n) is 1.80. The molecule has 0 aliphatic carbocycles. The summed E-state index contributed by atoms with van der Waals surface area (Å²) < 4.78 is 0. The molecule has 0 unspecified atom stereocenters. The molecule has 0 rings (SSSR count). The normalized spacial score (nSPS) is 12.7. The quantitative estimate of drug-likeness (QED) is 0.521. The molecule has 0 saturated heterocycles. The Hall–Kier alpha value is -0.570. The predicted octanol–water partition coefficient (Wildman–Crippen LogP) is 1.74. The van der Waals surface area contributed by atoms with Gasteiger partial charge in [-0.1, -0.05) is 6.92 Å². The zero-order valence-electron chi connectivity index (χ0n) is 10.3. The number of hydrogen-bond donors (Lipinski definition) is 1. The number of hydrogen-bond acceptors (Lipinski definition) is 2. The summed E-state index contributed by atoms with van der Waals surface area (Å²) in [6.45, 7) is 11.6. The van der Waals surface area contributed by atoms with E-state index in [9.17, 15) is 0 Å². The molecule has 0 aromatic heterocycles. The maximum Gasteiger partial charge on any atom is 0.0828 e. The predicted molar refractivity (Wildman–Crippen MR) is 64.0 cm³/mol. The summed E-state index contributed by atoms with van der Waals surface area (Å²) >= 11 is 0. The van der Waals surface area contributed by atoms with Crippen molar-refractivity contribution in [3.05, 3.63) is 0 Å². The van der Waals surface area contributed by atoms with Gasteiger partial charge in [0.15, 0.2) is 0 Å². The van der Waals surface area contributed by atoms with Gasteiger partial charge in [-0.3, -0.25) is 4.99 Å². The van der Waals surface area contributed by atoms with E-state index in [2.05, 4.69) is 50.0 Å². The van der Waals surface area contributed by atoms with Gasteiger partial charge in [-0.15, -0.1) is 0 Å². The Morgan fingerprint density at radius 2 is 1.93 bits per heavy atom. The lowest BCUT2D eigenvalue weighted by Gasteiger charge is -2.18. The molecule has 0 aliphatic rings. The molecule has 0 amide bonds. The van der Waals surface area contributed by atoms with Crippen molar-refractivity contribution in [1.82, 2.24) is 10.2 Å². The molecule has 0 saturated carbocycles. The molecule has 84 valence electrons.